The van der Waals surface area contributed by atoms with Crippen LogP contribution in [0.4, 0.5) is 27.3 Å². The normalized spacial score (nSPS) is 15.9. The van der Waals surface area contributed by atoms with E-state index in [9.17, 15) is 12.8 Å². The summed E-state index contributed by atoms with van der Waals surface area (Å²) in [7, 11) is -2.22. The van der Waals surface area contributed by atoms with E-state index in [4.69, 9.17) is 11.6 Å². The molecule has 3 aromatic rings. The van der Waals surface area contributed by atoms with Crippen molar-refractivity contribution in [3.63, 3.8) is 0 Å². The van der Waals surface area contributed by atoms with Crippen LogP contribution in [0.1, 0.15) is 12.0 Å². The molecule has 0 spiro atoms. The largest absolute Gasteiger partial charge is 0.368 e. The van der Waals surface area contributed by atoms with Gasteiger partial charge in [-0.3, -0.25) is 4.72 Å². The Morgan fingerprint density at radius 2 is 2.03 bits per heavy atom. The Morgan fingerprint density at radius 1 is 1.24 bits per heavy atom. The molecule has 1 saturated heterocycles. The van der Waals surface area contributed by atoms with Crippen molar-refractivity contribution in [2.24, 2.45) is 0 Å². The van der Waals surface area contributed by atoms with Crippen molar-refractivity contribution < 1.29 is 12.8 Å². The Kier molecular flexibility index (Phi) is 8.07. The molecule has 33 heavy (non-hydrogen) atoms. The van der Waals surface area contributed by atoms with Crippen molar-refractivity contribution in [2.45, 2.75) is 24.3 Å². The number of sulfonamides is 1. The summed E-state index contributed by atoms with van der Waals surface area (Å²) >= 11 is 7.59. The number of nitrogens with one attached hydrogen (secondary N) is 3. The number of hydrogen-bond acceptors (Lipinski definition) is 7. The minimum atomic E-state index is -4.17. The van der Waals surface area contributed by atoms with Gasteiger partial charge in [-0.25, -0.2) is 17.8 Å². The lowest BCUT2D eigenvalue weighted by Crippen LogP contribution is -2.29. The molecule has 3 N–H and O–H groups in total. The third-order valence-corrected chi connectivity index (χ3v) is 7.61. The summed E-state index contributed by atoms with van der Waals surface area (Å²) in [6.07, 6.45) is 1.03. The third-order valence-electron chi connectivity index (χ3n) is 5.34. The predicted molar refractivity (Wildman–Crippen MR) is 136 cm³/mol. The molecule has 0 amide bonds. The van der Waals surface area contributed by atoms with Gasteiger partial charge in [-0.2, -0.15) is 0 Å². The molecule has 7 nitrogen and oxygen atoms in total. The monoisotopic (exact) mass is 531 g/mol. The highest BCUT2D eigenvalue weighted by Crippen LogP contribution is 2.36. The number of thiazole rings is 1. The minimum Gasteiger partial charge on any atom is -0.368 e. The summed E-state index contributed by atoms with van der Waals surface area (Å²) in [5, 5.41) is 8.09. The Bertz CT molecular complexity index is 1230. The summed E-state index contributed by atoms with van der Waals surface area (Å²) in [6.45, 7) is 3.77. The van der Waals surface area contributed by atoms with Gasteiger partial charge in [-0.1, -0.05) is 17.7 Å². The maximum absolute atomic E-state index is 14.9. The topological polar surface area (TPSA) is 86.4 Å². The van der Waals surface area contributed by atoms with E-state index in [1.54, 1.807) is 0 Å². The van der Waals surface area contributed by atoms with E-state index in [1.165, 1.54) is 22.2 Å². The van der Waals surface area contributed by atoms with Gasteiger partial charge in [-0.05, 0) is 44.2 Å². The van der Waals surface area contributed by atoms with Crippen LogP contribution < -0.4 is 20.3 Å². The predicted octanol–water partition coefficient (Wildman–Crippen LogP) is 5.01. The van der Waals surface area contributed by atoms with Gasteiger partial charge in [0.15, 0.2) is 5.82 Å². The van der Waals surface area contributed by atoms with Crippen molar-refractivity contribution in [1.29, 1.82) is 0 Å². The second-order valence-corrected chi connectivity index (χ2v) is 10.4. The lowest BCUT2D eigenvalue weighted by atomic mass is 10.1. The van der Waals surface area contributed by atoms with Crippen LogP contribution in [0.25, 0.3) is 0 Å². The number of anilines is 4. The zero-order valence-electron chi connectivity index (χ0n) is 17.9. The molecule has 1 unspecified atom stereocenters. The summed E-state index contributed by atoms with van der Waals surface area (Å²) in [4.78, 5) is 5.59. The number of rotatable bonds is 7. The molecule has 0 radical (unpaired) electrons. The molecule has 1 fully saturated rings. The number of aryl methyl sites for hydroxylation is 1. The number of aromatic nitrogens is 1. The van der Waals surface area contributed by atoms with Gasteiger partial charge >= 0.3 is 0 Å². The Morgan fingerprint density at radius 3 is 2.70 bits per heavy atom. The second kappa shape index (κ2) is 10.4. The quantitative estimate of drug-likeness (QED) is 0.397. The highest BCUT2D eigenvalue weighted by atomic mass is 35.5. The molecule has 1 aromatic heterocycles. The van der Waals surface area contributed by atoms with Gasteiger partial charge < -0.3 is 15.5 Å². The summed E-state index contributed by atoms with van der Waals surface area (Å²) in [5.41, 5.74) is 4.62. The molecule has 2 aromatic carbocycles. The van der Waals surface area contributed by atoms with Crippen LogP contribution in [-0.2, 0) is 10.0 Å². The molecule has 0 bridgehead atoms. The molecule has 1 atom stereocenters. The summed E-state index contributed by atoms with van der Waals surface area (Å²) < 4.78 is 42.3. The SMILES string of the molecule is CNC1CCN(c2cc(C)ccc2Nc2cc(F)c(S(=O)(=O)Nc3cscn3)cc2Cl)C1.Cl. The molecular formula is C21H24Cl2FN5O2S2. The second-order valence-electron chi connectivity index (χ2n) is 7.61. The highest BCUT2D eigenvalue weighted by molar-refractivity contribution is 7.92. The van der Waals surface area contributed by atoms with E-state index < -0.39 is 20.7 Å². The van der Waals surface area contributed by atoms with Gasteiger partial charge in [0, 0.05) is 30.6 Å². The fourth-order valence-corrected chi connectivity index (χ4v) is 5.57. The van der Waals surface area contributed by atoms with Crippen molar-refractivity contribution >= 4 is 68.2 Å². The maximum Gasteiger partial charge on any atom is 0.266 e. The smallest absolute Gasteiger partial charge is 0.266 e. The van der Waals surface area contributed by atoms with Crippen LogP contribution in [-0.4, -0.2) is 39.6 Å². The zero-order valence-corrected chi connectivity index (χ0v) is 21.1. The average molecular weight is 532 g/mol. The number of likely N-dealkylation sites (N-methyl/N-ethyl adjacent to an activating group) is 1. The first-order valence-corrected chi connectivity index (χ1v) is 12.8. The van der Waals surface area contributed by atoms with Crippen molar-refractivity contribution in [2.75, 3.05) is 35.1 Å². The molecule has 0 saturated carbocycles. The molecule has 0 aliphatic carbocycles. The van der Waals surface area contributed by atoms with Gasteiger partial charge in [0.2, 0.25) is 0 Å². The molecule has 178 valence electrons. The molecular weight excluding hydrogens is 508 g/mol. The van der Waals surface area contributed by atoms with Crippen LogP contribution in [0, 0.1) is 12.7 Å². The van der Waals surface area contributed by atoms with E-state index in [0.717, 1.165) is 48.6 Å². The standard InChI is InChI=1S/C21H23ClFN5O2S2.ClH/c1-13-3-4-17(19(7-13)28-6-5-14(10-28)24-2)26-18-9-16(23)20(8-15(18)22)32(29,30)27-21-11-31-12-25-21;/h3-4,7-9,11-12,14,24,26-27H,5-6,10H2,1-2H3;1H. The fourth-order valence-electron chi connectivity index (χ4n) is 3.65. The first kappa shape index (κ1) is 25.5. The molecule has 12 heteroatoms. The van der Waals surface area contributed by atoms with Gasteiger partial charge in [0.05, 0.1) is 27.6 Å². The van der Waals surface area contributed by atoms with Gasteiger partial charge in [-0.15, -0.1) is 23.7 Å². The molecule has 2 heterocycles. The third kappa shape index (κ3) is 5.70. The first-order chi connectivity index (χ1) is 15.3. The molecule has 1 aliphatic heterocycles. The van der Waals surface area contributed by atoms with Crippen LogP contribution in [0.15, 0.2) is 46.1 Å². The van der Waals surface area contributed by atoms with Crippen molar-refractivity contribution in [3.8, 4) is 0 Å². The van der Waals surface area contributed by atoms with Crippen LogP contribution in [0.5, 0.6) is 0 Å². The van der Waals surface area contributed by atoms with Crippen molar-refractivity contribution in [3.05, 3.63) is 57.6 Å². The minimum absolute atomic E-state index is 0. The van der Waals surface area contributed by atoms with E-state index in [-0.39, 0.29) is 28.9 Å². The Balaban J connectivity index is 0.00000306. The maximum atomic E-state index is 14.9. The number of nitrogens with zero attached hydrogens (tertiary/aromatic N) is 2. The lowest BCUT2D eigenvalue weighted by Gasteiger charge is -2.24. The van der Waals surface area contributed by atoms with Crippen molar-refractivity contribution in [1.82, 2.24) is 10.3 Å². The van der Waals surface area contributed by atoms with Gasteiger partial charge in [0.25, 0.3) is 10.0 Å². The van der Waals surface area contributed by atoms with E-state index in [1.807, 2.05) is 26.1 Å². The lowest BCUT2D eigenvalue weighted by molar-refractivity contribution is 0.570. The molecule has 4 rings (SSSR count). The Hall–Kier alpha value is -2.11. The van der Waals surface area contributed by atoms with E-state index in [2.05, 4.69) is 31.3 Å². The van der Waals surface area contributed by atoms with E-state index >= 15 is 0 Å². The van der Waals surface area contributed by atoms with Gasteiger partial charge in [0.1, 0.15) is 10.7 Å². The van der Waals surface area contributed by atoms with Crippen LogP contribution in [0.3, 0.4) is 0 Å². The van der Waals surface area contributed by atoms with E-state index in [0.29, 0.717) is 6.04 Å². The summed E-state index contributed by atoms with van der Waals surface area (Å²) in [5.74, 6) is -0.785. The number of benzene rings is 2. The fraction of sp³-hybridized carbons (Fsp3) is 0.286. The first-order valence-electron chi connectivity index (χ1n) is 9.97. The highest BCUT2D eigenvalue weighted by Gasteiger charge is 2.25. The summed E-state index contributed by atoms with van der Waals surface area (Å²) in [6, 6.07) is 8.55. The Labute approximate surface area is 207 Å². The zero-order chi connectivity index (χ0) is 22.9. The number of hydrogen-bond donors (Lipinski definition) is 3. The average Bonchev–Trinajstić information content (AvgIpc) is 3.43. The van der Waals surface area contributed by atoms with Crippen LogP contribution >= 0.6 is 35.3 Å². The van der Waals surface area contributed by atoms with Crippen LogP contribution in [0.2, 0.25) is 5.02 Å². The molecule has 1 aliphatic rings. The number of halogens is 3.